The molecule has 0 aliphatic heterocycles. The Morgan fingerprint density at radius 3 is 2.48 bits per heavy atom. The number of rotatable bonds is 5. The number of halogens is 1. The van der Waals surface area contributed by atoms with E-state index in [1.165, 1.54) is 18.2 Å². The summed E-state index contributed by atoms with van der Waals surface area (Å²) in [5.41, 5.74) is 2.43. The van der Waals surface area contributed by atoms with Crippen LogP contribution in [0.4, 0.5) is 0 Å². The van der Waals surface area contributed by atoms with Gasteiger partial charge in [0.25, 0.3) is 0 Å². The highest BCUT2D eigenvalue weighted by atomic mass is 35.5. The van der Waals surface area contributed by atoms with Crippen molar-refractivity contribution in [3.63, 3.8) is 0 Å². The Hall–Kier alpha value is -1.40. The van der Waals surface area contributed by atoms with E-state index in [1.54, 1.807) is 0 Å². The molecule has 0 saturated carbocycles. The molecule has 0 spiro atoms. The van der Waals surface area contributed by atoms with Crippen LogP contribution in [0.15, 0.2) is 47.4 Å². The number of nitrogens with one attached hydrogen (secondary N) is 1. The number of hydrogen-bond acceptors (Lipinski definition) is 3. The van der Waals surface area contributed by atoms with E-state index in [-0.39, 0.29) is 23.1 Å². The maximum atomic E-state index is 12.2. The number of sulfonamides is 1. The monoisotopic (exact) mass is 325 g/mol. The van der Waals surface area contributed by atoms with Gasteiger partial charge in [0.2, 0.25) is 10.0 Å². The molecule has 0 fully saturated rings. The Kier molecular flexibility index (Phi) is 5.00. The number of aliphatic hydroxyl groups excluding tert-OH is 1. The molecule has 0 atom stereocenters. The van der Waals surface area contributed by atoms with E-state index in [2.05, 4.69) is 4.72 Å². The normalized spacial score (nSPS) is 11.6. The van der Waals surface area contributed by atoms with Crippen LogP contribution in [0.2, 0.25) is 5.02 Å². The third-order valence-corrected chi connectivity index (χ3v) is 4.97. The van der Waals surface area contributed by atoms with Crippen LogP contribution < -0.4 is 4.72 Å². The molecule has 0 saturated heterocycles. The highest BCUT2D eigenvalue weighted by Gasteiger charge is 2.15. The quantitative estimate of drug-likeness (QED) is 0.888. The van der Waals surface area contributed by atoms with E-state index in [0.29, 0.717) is 5.56 Å². The molecule has 4 nitrogen and oxygen atoms in total. The van der Waals surface area contributed by atoms with Gasteiger partial charge < -0.3 is 5.11 Å². The molecule has 0 heterocycles. The van der Waals surface area contributed by atoms with Crippen LogP contribution in [-0.2, 0) is 23.2 Å². The first kappa shape index (κ1) is 16.0. The smallest absolute Gasteiger partial charge is 0.240 e. The van der Waals surface area contributed by atoms with E-state index >= 15 is 0 Å². The number of hydrogen-bond donors (Lipinski definition) is 2. The SMILES string of the molecule is Cc1ccccc1CNS(=O)(=O)c1ccc(CO)c(Cl)c1. The van der Waals surface area contributed by atoms with Crippen molar-refractivity contribution in [3.8, 4) is 0 Å². The number of benzene rings is 2. The molecule has 112 valence electrons. The fraction of sp³-hybridized carbons (Fsp3) is 0.200. The molecule has 2 N–H and O–H groups in total. The van der Waals surface area contributed by atoms with Gasteiger partial charge in [0.05, 0.1) is 11.5 Å². The number of aryl methyl sites for hydroxylation is 1. The van der Waals surface area contributed by atoms with E-state index in [9.17, 15) is 8.42 Å². The van der Waals surface area contributed by atoms with Crippen molar-refractivity contribution >= 4 is 21.6 Å². The van der Waals surface area contributed by atoms with Gasteiger partial charge in [0.15, 0.2) is 0 Å². The molecule has 2 rings (SSSR count). The highest BCUT2D eigenvalue weighted by molar-refractivity contribution is 7.89. The molecule has 0 aliphatic rings. The van der Waals surface area contributed by atoms with Crippen molar-refractivity contribution < 1.29 is 13.5 Å². The van der Waals surface area contributed by atoms with Gasteiger partial charge in [0.1, 0.15) is 0 Å². The Bertz CT molecular complexity index is 744. The van der Waals surface area contributed by atoms with Crippen LogP contribution >= 0.6 is 11.6 Å². The molecule has 0 amide bonds. The van der Waals surface area contributed by atoms with Gasteiger partial charge >= 0.3 is 0 Å². The third-order valence-electron chi connectivity index (χ3n) is 3.22. The maximum Gasteiger partial charge on any atom is 0.240 e. The molecule has 2 aromatic carbocycles. The average molecular weight is 326 g/mol. The predicted octanol–water partition coefficient (Wildman–Crippen LogP) is 2.62. The van der Waals surface area contributed by atoms with Crippen LogP contribution in [0.3, 0.4) is 0 Å². The fourth-order valence-electron chi connectivity index (χ4n) is 1.89. The van der Waals surface area contributed by atoms with Crippen LogP contribution in [0.1, 0.15) is 16.7 Å². The van der Waals surface area contributed by atoms with Crippen LogP contribution in [0.5, 0.6) is 0 Å². The molecule has 21 heavy (non-hydrogen) atoms. The fourth-order valence-corrected chi connectivity index (χ4v) is 3.23. The first-order chi connectivity index (χ1) is 9.94. The van der Waals surface area contributed by atoms with Crippen molar-refractivity contribution in [2.75, 3.05) is 0 Å². The van der Waals surface area contributed by atoms with Gasteiger partial charge in [-0.3, -0.25) is 0 Å². The van der Waals surface area contributed by atoms with Gasteiger partial charge in [-0.2, -0.15) is 0 Å². The van der Waals surface area contributed by atoms with E-state index in [0.717, 1.165) is 11.1 Å². The van der Waals surface area contributed by atoms with Crippen LogP contribution in [-0.4, -0.2) is 13.5 Å². The van der Waals surface area contributed by atoms with Gasteiger partial charge in [-0.1, -0.05) is 41.9 Å². The van der Waals surface area contributed by atoms with Gasteiger partial charge in [-0.25, -0.2) is 13.1 Å². The van der Waals surface area contributed by atoms with E-state index in [4.69, 9.17) is 16.7 Å². The maximum absolute atomic E-state index is 12.2. The summed E-state index contributed by atoms with van der Waals surface area (Å²) in [4.78, 5) is 0.0817. The van der Waals surface area contributed by atoms with Crippen molar-refractivity contribution in [3.05, 3.63) is 64.2 Å². The molecule has 0 aromatic heterocycles. The summed E-state index contributed by atoms with van der Waals surface area (Å²) in [5, 5.41) is 9.28. The Balaban J connectivity index is 2.19. The Labute approximate surface area is 129 Å². The van der Waals surface area contributed by atoms with E-state index < -0.39 is 10.0 Å². The first-order valence-electron chi connectivity index (χ1n) is 6.37. The molecule has 0 unspecified atom stereocenters. The van der Waals surface area contributed by atoms with Crippen molar-refractivity contribution in [1.29, 1.82) is 0 Å². The molecule has 0 aliphatic carbocycles. The minimum atomic E-state index is -3.64. The predicted molar refractivity (Wildman–Crippen MR) is 82.6 cm³/mol. The lowest BCUT2D eigenvalue weighted by atomic mass is 10.1. The lowest BCUT2D eigenvalue weighted by Crippen LogP contribution is -2.23. The van der Waals surface area contributed by atoms with Crippen LogP contribution in [0, 0.1) is 6.92 Å². The lowest BCUT2D eigenvalue weighted by molar-refractivity contribution is 0.282. The molecule has 6 heteroatoms. The zero-order valence-electron chi connectivity index (χ0n) is 11.5. The van der Waals surface area contributed by atoms with Gasteiger partial charge in [-0.05, 0) is 35.7 Å². The van der Waals surface area contributed by atoms with Crippen molar-refractivity contribution in [1.82, 2.24) is 4.72 Å². The van der Waals surface area contributed by atoms with Crippen molar-refractivity contribution in [2.45, 2.75) is 25.0 Å². The second-order valence-corrected chi connectivity index (χ2v) is 6.84. The lowest BCUT2D eigenvalue weighted by Gasteiger charge is -2.10. The summed E-state index contributed by atoms with van der Waals surface area (Å²) in [5.74, 6) is 0. The Morgan fingerprint density at radius 2 is 1.86 bits per heavy atom. The summed E-state index contributed by atoms with van der Waals surface area (Å²) in [6.07, 6.45) is 0. The van der Waals surface area contributed by atoms with E-state index in [1.807, 2.05) is 31.2 Å². The Morgan fingerprint density at radius 1 is 1.14 bits per heavy atom. The zero-order valence-corrected chi connectivity index (χ0v) is 13.1. The molecular formula is C15H16ClNO3S. The van der Waals surface area contributed by atoms with Gasteiger partial charge in [-0.15, -0.1) is 0 Å². The second kappa shape index (κ2) is 6.58. The standard InChI is InChI=1S/C15H16ClNO3S/c1-11-4-2-3-5-12(11)9-17-21(19,20)14-7-6-13(10-18)15(16)8-14/h2-8,17-18H,9-10H2,1H3. The summed E-state index contributed by atoms with van der Waals surface area (Å²) in [7, 11) is -3.64. The number of aliphatic hydroxyl groups is 1. The molecule has 0 radical (unpaired) electrons. The summed E-state index contributed by atoms with van der Waals surface area (Å²) in [6.45, 7) is 1.92. The topological polar surface area (TPSA) is 66.4 Å². The minimum absolute atomic E-state index is 0.0817. The second-order valence-electron chi connectivity index (χ2n) is 4.66. The summed E-state index contributed by atoms with van der Waals surface area (Å²) < 4.78 is 27.0. The van der Waals surface area contributed by atoms with Gasteiger partial charge in [0, 0.05) is 11.6 Å². The molecule has 2 aromatic rings. The largest absolute Gasteiger partial charge is 0.392 e. The van der Waals surface area contributed by atoms with Crippen molar-refractivity contribution in [2.24, 2.45) is 0 Å². The zero-order chi connectivity index (χ0) is 15.5. The average Bonchev–Trinajstić information content (AvgIpc) is 2.46. The minimum Gasteiger partial charge on any atom is -0.392 e. The molecule has 0 bridgehead atoms. The summed E-state index contributed by atoms with van der Waals surface area (Å²) in [6, 6.07) is 11.8. The first-order valence-corrected chi connectivity index (χ1v) is 8.23. The highest BCUT2D eigenvalue weighted by Crippen LogP contribution is 2.21. The third kappa shape index (κ3) is 3.83. The molecular weight excluding hydrogens is 310 g/mol. The summed E-state index contributed by atoms with van der Waals surface area (Å²) >= 11 is 5.93. The van der Waals surface area contributed by atoms with Crippen LogP contribution in [0.25, 0.3) is 0 Å².